The Kier molecular flexibility index (Phi) is 4.12. The van der Waals surface area contributed by atoms with Crippen LogP contribution in [0.5, 0.6) is 0 Å². The van der Waals surface area contributed by atoms with Gasteiger partial charge in [0, 0.05) is 17.5 Å². The van der Waals surface area contributed by atoms with E-state index in [0.29, 0.717) is 23.0 Å². The Hall–Kier alpha value is -3.61. The first-order valence-electron chi connectivity index (χ1n) is 8.64. The number of amides is 1. The molecule has 2 aromatic heterocycles. The van der Waals surface area contributed by atoms with Gasteiger partial charge in [-0.05, 0) is 32.0 Å². The molecule has 0 saturated heterocycles. The lowest BCUT2D eigenvalue weighted by atomic mass is 10.1. The molecular weight excluding hydrogens is 344 g/mol. The number of hydrazine groups is 1. The molecule has 0 aliphatic heterocycles. The van der Waals surface area contributed by atoms with Crippen molar-refractivity contribution in [2.45, 2.75) is 20.4 Å². The zero-order valence-electron chi connectivity index (χ0n) is 14.9. The number of para-hydroxylation sites is 2. The number of nitrogens with zero attached hydrogens (tertiary/aromatic N) is 2. The molecule has 0 spiro atoms. The second-order valence-corrected chi connectivity index (χ2v) is 6.13. The van der Waals surface area contributed by atoms with E-state index < -0.39 is 5.91 Å². The molecule has 27 heavy (non-hydrogen) atoms. The van der Waals surface area contributed by atoms with Gasteiger partial charge in [0.05, 0.1) is 10.9 Å². The van der Waals surface area contributed by atoms with Gasteiger partial charge in [-0.1, -0.05) is 30.3 Å². The van der Waals surface area contributed by atoms with E-state index in [0.717, 1.165) is 10.9 Å². The van der Waals surface area contributed by atoms with Crippen molar-refractivity contribution in [3.05, 3.63) is 70.2 Å². The maximum absolute atomic E-state index is 12.6. The largest absolute Gasteiger partial charge is 0.451 e. The zero-order chi connectivity index (χ0) is 19.0. The molecule has 1 amide bonds. The van der Waals surface area contributed by atoms with E-state index in [1.54, 1.807) is 18.2 Å². The van der Waals surface area contributed by atoms with Crippen LogP contribution in [-0.4, -0.2) is 15.5 Å². The first-order valence-corrected chi connectivity index (χ1v) is 8.64. The van der Waals surface area contributed by atoms with Gasteiger partial charge in [0.15, 0.2) is 5.76 Å². The van der Waals surface area contributed by atoms with Crippen LogP contribution >= 0.6 is 0 Å². The van der Waals surface area contributed by atoms with Crippen molar-refractivity contribution >= 4 is 33.7 Å². The van der Waals surface area contributed by atoms with Crippen molar-refractivity contribution in [2.24, 2.45) is 0 Å². The lowest BCUT2D eigenvalue weighted by Gasteiger charge is -2.13. The summed E-state index contributed by atoms with van der Waals surface area (Å²) in [5, 5.41) is 1.42. The highest BCUT2D eigenvalue weighted by Gasteiger charge is 2.18. The molecule has 2 N–H and O–H groups in total. The van der Waals surface area contributed by atoms with Crippen LogP contribution in [0, 0.1) is 6.92 Å². The fraction of sp³-hybridized carbons (Fsp3) is 0.150. The van der Waals surface area contributed by atoms with Crippen LogP contribution in [0.25, 0.3) is 21.9 Å². The third kappa shape index (κ3) is 2.83. The molecule has 4 rings (SSSR count). The summed E-state index contributed by atoms with van der Waals surface area (Å²) < 4.78 is 7.12. The molecule has 0 aliphatic carbocycles. The smallest absolute Gasteiger partial charge is 0.305 e. The number of anilines is 1. The van der Waals surface area contributed by atoms with Gasteiger partial charge >= 0.3 is 5.91 Å². The van der Waals surface area contributed by atoms with Crippen molar-refractivity contribution in [1.82, 2.24) is 15.0 Å². The van der Waals surface area contributed by atoms with Crippen molar-refractivity contribution in [1.29, 1.82) is 0 Å². The number of nitrogens with one attached hydrogen (secondary N) is 2. The molecule has 0 saturated carbocycles. The third-order valence-electron chi connectivity index (χ3n) is 4.52. The Morgan fingerprint density at radius 2 is 1.81 bits per heavy atom. The molecule has 136 valence electrons. The number of rotatable bonds is 4. The number of hydrogen-bond acceptors (Lipinski definition) is 5. The van der Waals surface area contributed by atoms with E-state index in [1.165, 1.54) is 4.57 Å². The molecule has 2 aromatic carbocycles. The number of aryl methyl sites for hydroxylation is 1. The zero-order valence-corrected chi connectivity index (χ0v) is 14.9. The molecule has 0 fully saturated rings. The number of carbonyl (C=O) groups is 1. The van der Waals surface area contributed by atoms with Gasteiger partial charge in [0.1, 0.15) is 5.58 Å². The first-order chi connectivity index (χ1) is 13.1. The summed E-state index contributed by atoms with van der Waals surface area (Å²) in [6.07, 6.45) is 0. The Bertz CT molecular complexity index is 1220. The van der Waals surface area contributed by atoms with Crippen molar-refractivity contribution in [2.75, 3.05) is 5.43 Å². The highest BCUT2D eigenvalue weighted by molar-refractivity contribution is 5.99. The van der Waals surface area contributed by atoms with Gasteiger partial charge in [-0.15, -0.1) is 0 Å². The molecule has 0 atom stereocenters. The van der Waals surface area contributed by atoms with Gasteiger partial charge in [0.25, 0.3) is 5.56 Å². The third-order valence-corrected chi connectivity index (χ3v) is 4.52. The minimum absolute atomic E-state index is 0.167. The summed E-state index contributed by atoms with van der Waals surface area (Å²) in [6, 6.07) is 14.6. The predicted molar refractivity (Wildman–Crippen MR) is 104 cm³/mol. The molecule has 0 bridgehead atoms. The van der Waals surface area contributed by atoms with Crippen LogP contribution in [-0.2, 0) is 6.54 Å². The molecule has 7 heteroatoms. The monoisotopic (exact) mass is 362 g/mol. The average Bonchev–Trinajstić information content (AvgIpc) is 3.03. The second kappa shape index (κ2) is 6.60. The van der Waals surface area contributed by atoms with E-state index in [4.69, 9.17) is 4.42 Å². The number of fused-ring (bicyclic) bond motifs is 2. The van der Waals surface area contributed by atoms with Crippen molar-refractivity contribution < 1.29 is 9.21 Å². The second-order valence-electron chi connectivity index (χ2n) is 6.13. The SMILES string of the molecule is CCn1c(NNC(=O)c2oc3ccccc3c2C)nc2ccccc2c1=O. The topological polar surface area (TPSA) is 89.2 Å². The molecule has 0 unspecified atom stereocenters. The van der Waals surface area contributed by atoms with Crippen molar-refractivity contribution in [3.8, 4) is 0 Å². The van der Waals surface area contributed by atoms with Crippen molar-refractivity contribution in [3.63, 3.8) is 0 Å². The molecule has 0 radical (unpaired) electrons. The van der Waals surface area contributed by atoms with E-state index in [9.17, 15) is 9.59 Å². The van der Waals surface area contributed by atoms with Crippen LogP contribution in [0.15, 0.2) is 57.7 Å². The van der Waals surface area contributed by atoms with Gasteiger partial charge in [0.2, 0.25) is 5.95 Å². The summed E-state index contributed by atoms with van der Waals surface area (Å²) in [4.78, 5) is 29.6. The number of carbonyl (C=O) groups excluding carboxylic acids is 1. The van der Waals surface area contributed by atoms with Crippen LogP contribution in [0.1, 0.15) is 23.0 Å². The van der Waals surface area contributed by atoms with Gasteiger partial charge in [-0.3, -0.25) is 25.0 Å². The summed E-state index contributed by atoms with van der Waals surface area (Å²) in [7, 11) is 0. The average molecular weight is 362 g/mol. The maximum atomic E-state index is 12.6. The minimum Gasteiger partial charge on any atom is -0.451 e. The normalized spacial score (nSPS) is 11.0. The standard InChI is InChI=1S/C20H18N4O3/c1-3-24-19(26)14-9-4-6-10-15(14)21-20(24)23-22-18(25)17-12(2)13-8-5-7-11-16(13)27-17/h4-11H,3H2,1-2H3,(H,21,23)(H,22,25). The quantitative estimate of drug-likeness (QED) is 0.544. The number of aromatic nitrogens is 2. The molecule has 0 aliphatic rings. The molecule has 4 aromatic rings. The summed E-state index contributed by atoms with van der Waals surface area (Å²) >= 11 is 0. The number of furan rings is 1. The highest BCUT2D eigenvalue weighted by Crippen LogP contribution is 2.24. The lowest BCUT2D eigenvalue weighted by Crippen LogP contribution is -2.34. The Labute approximate surface area is 154 Å². The van der Waals surface area contributed by atoms with E-state index >= 15 is 0 Å². The molecule has 2 heterocycles. The molecule has 7 nitrogen and oxygen atoms in total. The highest BCUT2D eigenvalue weighted by atomic mass is 16.3. The summed E-state index contributed by atoms with van der Waals surface area (Å²) in [5.74, 6) is 0.0481. The number of benzene rings is 2. The van der Waals surface area contributed by atoms with Gasteiger partial charge < -0.3 is 4.42 Å². The molecular formula is C20H18N4O3. The Morgan fingerprint density at radius 1 is 1.11 bits per heavy atom. The summed E-state index contributed by atoms with van der Waals surface area (Å²) in [5.41, 5.74) is 7.13. The van der Waals surface area contributed by atoms with Crippen LogP contribution in [0.3, 0.4) is 0 Å². The summed E-state index contributed by atoms with van der Waals surface area (Å²) in [6.45, 7) is 4.09. The van der Waals surface area contributed by atoms with Gasteiger partial charge in [-0.25, -0.2) is 4.98 Å². The Morgan fingerprint density at radius 3 is 2.56 bits per heavy atom. The number of hydrogen-bond donors (Lipinski definition) is 2. The van der Waals surface area contributed by atoms with Crippen LogP contribution < -0.4 is 16.4 Å². The maximum Gasteiger partial charge on any atom is 0.305 e. The van der Waals surface area contributed by atoms with Crippen LogP contribution in [0.2, 0.25) is 0 Å². The van der Waals surface area contributed by atoms with E-state index in [-0.39, 0.29) is 17.3 Å². The van der Waals surface area contributed by atoms with E-state index in [1.807, 2.05) is 44.2 Å². The fourth-order valence-electron chi connectivity index (χ4n) is 3.12. The predicted octanol–water partition coefficient (Wildman–Crippen LogP) is 3.23. The van der Waals surface area contributed by atoms with Crippen LogP contribution in [0.4, 0.5) is 5.95 Å². The Balaban J connectivity index is 1.65. The lowest BCUT2D eigenvalue weighted by molar-refractivity contribution is 0.0936. The fourth-order valence-corrected chi connectivity index (χ4v) is 3.12. The first kappa shape index (κ1) is 16.8. The van der Waals surface area contributed by atoms with Gasteiger partial charge in [-0.2, -0.15) is 0 Å². The minimum atomic E-state index is -0.436. The van der Waals surface area contributed by atoms with E-state index in [2.05, 4.69) is 15.8 Å².